The fourth-order valence-corrected chi connectivity index (χ4v) is 3.66. The molecule has 0 amide bonds. The molecular formula is C13H24N2. The Kier molecular flexibility index (Phi) is 2.52. The van der Waals surface area contributed by atoms with Crippen LogP contribution in [0.1, 0.15) is 45.4 Å². The molecule has 2 saturated heterocycles. The Labute approximate surface area is 93.4 Å². The second-order valence-corrected chi connectivity index (χ2v) is 6.19. The Morgan fingerprint density at radius 2 is 2.07 bits per heavy atom. The number of hydrogen-bond donors (Lipinski definition) is 1. The minimum atomic E-state index is 0.645. The molecule has 3 aliphatic rings. The first kappa shape index (κ1) is 10.1. The Bertz CT molecular complexity index is 235. The van der Waals surface area contributed by atoms with Crippen molar-refractivity contribution in [2.75, 3.05) is 19.6 Å². The largest absolute Gasteiger partial charge is 0.312 e. The molecule has 15 heavy (non-hydrogen) atoms. The maximum Gasteiger partial charge on any atom is 0.0250 e. The molecule has 3 fully saturated rings. The topological polar surface area (TPSA) is 15.3 Å². The van der Waals surface area contributed by atoms with Crippen LogP contribution < -0.4 is 5.32 Å². The number of hydrogen-bond acceptors (Lipinski definition) is 2. The monoisotopic (exact) mass is 208 g/mol. The summed E-state index contributed by atoms with van der Waals surface area (Å²) in [6.45, 7) is 6.42. The number of nitrogens with zero attached hydrogens (tertiary/aromatic N) is 1. The van der Waals surface area contributed by atoms with E-state index in [1.807, 2.05) is 0 Å². The van der Waals surface area contributed by atoms with Gasteiger partial charge in [0.1, 0.15) is 0 Å². The van der Waals surface area contributed by atoms with E-state index in [2.05, 4.69) is 17.1 Å². The molecule has 0 radical (unpaired) electrons. The fourth-order valence-electron chi connectivity index (χ4n) is 3.66. The van der Waals surface area contributed by atoms with Crippen molar-refractivity contribution >= 4 is 0 Å². The summed E-state index contributed by atoms with van der Waals surface area (Å²) >= 11 is 0. The summed E-state index contributed by atoms with van der Waals surface area (Å²) < 4.78 is 0. The Hall–Kier alpha value is -0.0800. The first-order valence-electron chi connectivity index (χ1n) is 6.74. The molecule has 3 rings (SSSR count). The summed E-state index contributed by atoms with van der Waals surface area (Å²) in [4.78, 5) is 2.70. The Morgan fingerprint density at radius 3 is 2.80 bits per heavy atom. The van der Waals surface area contributed by atoms with Crippen LogP contribution in [0.2, 0.25) is 0 Å². The maximum absolute atomic E-state index is 3.85. The van der Waals surface area contributed by atoms with Crippen molar-refractivity contribution in [1.29, 1.82) is 0 Å². The van der Waals surface area contributed by atoms with Crippen molar-refractivity contribution in [3.05, 3.63) is 0 Å². The molecule has 0 bridgehead atoms. The standard InChI is InChI=1S/C13H24N2/c1-13(6-3-7-13)10-14-11-5-9-15-8-2-4-12(11)15/h11-12,14H,2-10H2,1H3. The van der Waals surface area contributed by atoms with E-state index in [-0.39, 0.29) is 0 Å². The SMILES string of the molecule is CC1(CNC2CCN3CCCC23)CCC1. The lowest BCUT2D eigenvalue weighted by molar-refractivity contribution is 0.146. The fraction of sp³-hybridized carbons (Fsp3) is 1.00. The van der Waals surface area contributed by atoms with Gasteiger partial charge in [-0.25, -0.2) is 0 Å². The molecule has 86 valence electrons. The minimum Gasteiger partial charge on any atom is -0.312 e. The van der Waals surface area contributed by atoms with E-state index < -0.39 is 0 Å². The van der Waals surface area contributed by atoms with E-state index in [9.17, 15) is 0 Å². The van der Waals surface area contributed by atoms with Crippen molar-refractivity contribution in [2.24, 2.45) is 5.41 Å². The predicted octanol–water partition coefficient (Wildman–Crippen LogP) is 2.00. The van der Waals surface area contributed by atoms with Gasteiger partial charge in [-0.05, 0) is 44.1 Å². The van der Waals surface area contributed by atoms with Gasteiger partial charge in [-0.15, -0.1) is 0 Å². The average Bonchev–Trinajstić information content (AvgIpc) is 2.73. The van der Waals surface area contributed by atoms with Crippen LogP contribution in [-0.2, 0) is 0 Å². The van der Waals surface area contributed by atoms with Gasteiger partial charge in [-0.3, -0.25) is 4.90 Å². The summed E-state index contributed by atoms with van der Waals surface area (Å²) in [5.41, 5.74) is 0.645. The van der Waals surface area contributed by atoms with Gasteiger partial charge in [0.05, 0.1) is 0 Å². The van der Waals surface area contributed by atoms with Gasteiger partial charge in [-0.1, -0.05) is 13.3 Å². The van der Waals surface area contributed by atoms with Gasteiger partial charge in [0, 0.05) is 25.2 Å². The van der Waals surface area contributed by atoms with Crippen molar-refractivity contribution in [3.8, 4) is 0 Å². The van der Waals surface area contributed by atoms with E-state index in [0.29, 0.717) is 5.41 Å². The molecule has 1 aliphatic carbocycles. The van der Waals surface area contributed by atoms with Gasteiger partial charge in [0.15, 0.2) is 0 Å². The van der Waals surface area contributed by atoms with Gasteiger partial charge in [0.25, 0.3) is 0 Å². The molecule has 2 nitrogen and oxygen atoms in total. The molecule has 2 atom stereocenters. The zero-order chi connectivity index (χ0) is 10.3. The van der Waals surface area contributed by atoms with Gasteiger partial charge in [0.2, 0.25) is 0 Å². The second-order valence-electron chi connectivity index (χ2n) is 6.19. The van der Waals surface area contributed by atoms with Crippen molar-refractivity contribution in [3.63, 3.8) is 0 Å². The zero-order valence-corrected chi connectivity index (χ0v) is 9.97. The minimum absolute atomic E-state index is 0.645. The van der Waals surface area contributed by atoms with Crippen LogP contribution in [0, 0.1) is 5.41 Å². The number of rotatable bonds is 3. The van der Waals surface area contributed by atoms with E-state index in [1.165, 1.54) is 58.2 Å². The highest BCUT2D eigenvalue weighted by Gasteiger charge is 2.39. The van der Waals surface area contributed by atoms with Gasteiger partial charge < -0.3 is 5.32 Å². The highest BCUT2D eigenvalue weighted by molar-refractivity contribution is 4.97. The van der Waals surface area contributed by atoms with E-state index in [4.69, 9.17) is 0 Å². The summed E-state index contributed by atoms with van der Waals surface area (Å²) in [6, 6.07) is 1.69. The van der Waals surface area contributed by atoms with Crippen LogP contribution in [-0.4, -0.2) is 36.6 Å². The molecule has 2 unspecified atom stereocenters. The zero-order valence-electron chi connectivity index (χ0n) is 9.97. The second kappa shape index (κ2) is 3.74. The molecule has 1 N–H and O–H groups in total. The average molecular weight is 208 g/mol. The summed E-state index contributed by atoms with van der Waals surface area (Å²) in [5.74, 6) is 0. The van der Waals surface area contributed by atoms with Crippen molar-refractivity contribution < 1.29 is 0 Å². The van der Waals surface area contributed by atoms with Crippen LogP contribution in [0.3, 0.4) is 0 Å². The highest BCUT2D eigenvalue weighted by Crippen LogP contribution is 2.40. The van der Waals surface area contributed by atoms with Gasteiger partial charge >= 0.3 is 0 Å². The molecule has 2 heterocycles. The quantitative estimate of drug-likeness (QED) is 0.763. The van der Waals surface area contributed by atoms with Crippen LogP contribution in [0.5, 0.6) is 0 Å². The van der Waals surface area contributed by atoms with Crippen LogP contribution in [0.15, 0.2) is 0 Å². The predicted molar refractivity (Wildman–Crippen MR) is 63.0 cm³/mol. The smallest absolute Gasteiger partial charge is 0.0250 e. The Balaban J connectivity index is 1.51. The Morgan fingerprint density at radius 1 is 1.20 bits per heavy atom. The van der Waals surface area contributed by atoms with Crippen LogP contribution in [0.4, 0.5) is 0 Å². The van der Waals surface area contributed by atoms with E-state index in [0.717, 1.165) is 12.1 Å². The third-order valence-electron chi connectivity index (χ3n) is 4.96. The van der Waals surface area contributed by atoms with Gasteiger partial charge in [-0.2, -0.15) is 0 Å². The number of fused-ring (bicyclic) bond motifs is 1. The first-order valence-corrected chi connectivity index (χ1v) is 6.74. The number of nitrogens with one attached hydrogen (secondary N) is 1. The van der Waals surface area contributed by atoms with Crippen LogP contribution >= 0.6 is 0 Å². The van der Waals surface area contributed by atoms with E-state index >= 15 is 0 Å². The lowest BCUT2D eigenvalue weighted by atomic mass is 9.70. The van der Waals surface area contributed by atoms with Crippen LogP contribution in [0.25, 0.3) is 0 Å². The van der Waals surface area contributed by atoms with Crippen molar-refractivity contribution in [2.45, 2.75) is 57.5 Å². The molecule has 1 saturated carbocycles. The maximum atomic E-state index is 3.85. The molecule has 0 aromatic rings. The first-order chi connectivity index (χ1) is 7.27. The summed E-state index contributed by atoms with van der Waals surface area (Å²) in [6.07, 6.45) is 8.61. The molecule has 2 heteroatoms. The lowest BCUT2D eigenvalue weighted by Crippen LogP contribution is -2.45. The third-order valence-corrected chi connectivity index (χ3v) is 4.96. The van der Waals surface area contributed by atoms with Crippen molar-refractivity contribution in [1.82, 2.24) is 10.2 Å². The molecule has 2 aliphatic heterocycles. The molecule has 0 aromatic heterocycles. The molecule has 0 spiro atoms. The highest BCUT2D eigenvalue weighted by atomic mass is 15.2. The normalized spacial score (nSPS) is 39.0. The summed E-state index contributed by atoms with van der Waals surface area (Å²) in [5, 5.41) is 3.85. The molecule has 0 aromatic carbocycles. The third kappa shape index (κ3) is 1.83. The lowest BCUT2D eigenvalue weighted by Gasteiger charge is -2.40. The molecular weight excluding hydrogens is 184 g/mol. The summed E-state index contributed by atoms with van der Waals surface area (Å²) in [7, 11) is 0. The van der Waals surface area contributed by atoms with E-state index in [1.54, 1.807) is 0 Å².